The quantitative estimate of drug-likeness (QED) is 0.474. The number of carbonyl (C=O) groups excluding carboxylic acids is 1. The number of nitrogens with two attached hydrogens (primary N) is 1. The highest BCUT2D eigenvalue weighted by molar-refractivity contribution is 7.87. The third-order valence-corrected chi connectivity index (χ3v) is 5.68. The van der Waals surface area contributed by atoms with Crippen LogP contribution in [0.15, 0.2) is 36.5 Å². The highest BCUT2D eigenvalue weighted by atomic mass is 32.2. The molecular formula is C21H22F2N6O4S. The Hall–Kier alpha value is -3.42. The van der Waals surface area contributed by atoms with Gasteiger partial charge in [0, 0.05) is 36.0 Å². The fourth-order valence-corrected chi connectivity index (χ4v) is 4.07. The van der Waals surface area contributed by atoms with Crippen molar-refractivity contribution < 1.29 is 26.7 Å². The van der Waals surface area contributed by atoms with E-state index in [0.717, 1.165) is 18.2 Å². The van der Waals surface area contributed by atoms with Gasteiger partial charge in [0.05, 0.1) is 36.5 Å². The molecule has 1 aliphatic rings. The van der Waals surface area contributed by atoms with Gasteiger partial charge >= 0.3 is 0 Å². The van der Waals surface area contributed by atoms with Gasteiger partial charge in [0.1, 0.15) is 17.5 Å². The third-order valence-electron chi connectivity index (χ3n) is 5.21. The topological polar surface area (TPSA) is 140 Å². The maximum Gasteiger partial charge on any atom is 0.298 e. The Labute approximate surface area is 194 Å². The number of carbonyl (C=O) groups is 1. The first-order chi connectivity index (χ1) is 16.1. The fourth-order valence-electron chi connectivity index (χ4n) is 3.69. The van der Waals surface area contributed by atoms with Crippen LogP contribution in [0.2, 0.25) is 0 Å². The molecule has 10 nitrogen and oxygen atoms in total. The van der Waals surface area contributed by atoms with Crippen LogP contribution < -0.4 is 20.1 Å². The van der Waals surface area contributed by atoms with E-state index in [2.05, 4.69) is 10.3 Å². The summed E-state index contributed by atoms with van der Waals surface area (Å²) < 4.78 is 57.1. The van der Waals surface area contributed by atoms with E-state index in [1.807, 2.05) is 4.90 Å². The number of rotatable bonds is 6. The SMILES string of the molecule is CC(Nc1cc(F)cc(F)c1)c1cc(C(=O)NS(N)(=O)=O)cc2ncc(N3CCOCC3)nc12. The first kappa shape index (κ1) is 23.7. The highest BCUT2D eigenvalue weighted by Crippen LogP contribution is 2.29. The fraction of sp³-hybridized carbons (Fsp3) is 0.286. The molecule has 3 aromatic rings. The first-order valence-electron chi connectivity index (χ1n) is 10.3. The zero-order valence-electron chi connectivity index (χ0n) is 18.1. The summed E-state index contributed by atoms with van der Waals surface area (Å²) in [7, 11) is -4.29. The van der Waals surface area contributed by atoms with E-state index in [1.165, 1.54) is 12.1 Å². The van der Waals surface area contributed by atoms with Gasteiger partial charge in [0.2, 0.25) is 0 Å². The highest BCUT2D eigenvalue weighted by Gasteiger charge is 2.21. The molecule has 0 aliphatic carbocycles. The third kappa shape index (κ3) is 5.55. The molecule has 1 aromatic heterocycles. The Balaban J connectivity index is 1.79. The number of morpholine rings is 1. The molecule has 1 aliphatic heterocycles. The minimum Gasteiger partial charge on any atom is -0.378 e. The summed E-state index contributed by atoms with van der Waals surface area (Å²) in [6.45, 7) is 4.05. The minimum absolute atomic E-state index is 0.0241. The molecule has 1 saturated heterocycles. The molecule has 0 bridgehead atoms. The molecule has 13 heteroatoms. The smallest absolute Gasteiger partial charge is 0.298 e. The van der Waals surface area contributed by atoms with Crippen molar-refractivity contribution in [2.24, 2.45) is 5.14 Å². The van der Waals surface area contributed by atoms with Gasteiger partial charge in [-0.25, -0.2) is 23.6 Å². The van der Waals surface area contributed by atoms with Gasteiger partial charge in [-0.05, 0) is 31.2 Å². The van der Waals surface area contributed by atoms with Crippen molar-refractivity contribution >= 4 is 38.7 Å². The van der Waals surface area contributed by atoms with Crippen molar-refractivity contribution in [2.75, 3.05) is 36.5 Å². The van der Waals surface area contributed by atoms with Gasteiger partial charge in [-0.15, -0.1) is 0 Å². The van der Waals surface area contributed by atoms with Crippen molar-refractivity contribution in [1.29, 1.82) is 0 Å². The van der Waals surface area contributed by atoms with E-state index < -0.39 is 33.8 Å². The summed E-state index contributed by atoms with van der Waals surface area (Å²) in [6, 6.07) is 5.25. The number of halogens is 2. The number of nitrogens with one attached hydrogen (secondary N) is 2. The molecule has 4 N–H and O–H groups in total. The van der Waals surface area contributed by atoms with E-state index in [1.54, 1.807) is 17.8 Å². The van der Waals surface area contributed by atoms with Gasteiger partial charge in [-0.1, -0.05) is 0 Å². The lowest BCUT2D eigenvalue weighted by molar-refractivity contribution is 0.0981. The lowest BCUT2D eigenvalue weighted by atomic mass is 10.0. The van der Waals surface area contributed by atoms with E-state index in [0.29, 0.717) is 48.7 Å². The van der Waals surface area contributed by atoms with Crippen LogP contribution in [-0.4, -0.2) is 50.6 Å². The van der Waals surface area contributed by atoms with E-state index in [-0.39, 0.29) is 11.3 Å². The van der Waals surface area contributed by atoms with Crippen LogP contribution >= 0.6 is 0 Å². The summed E-state index contributed by atoms with van der Waals surface area (Å²) in [5.74, 6) is -1.86. The van der Waals surface area contributed by atoms with Gasteiger partial charge < -0.3 is 15.0 Å². The number of nitrogens with zero attached hydrogens (tertiary/aromatic N) is 3. The maximum atomic E-state index is 13.7. The Bertz CT molecular complexity index is 1330. The zero-order valence-corrected chi connectivity index (χ0v) is 18.9. The number of hydrogen-bond donors (Lipinski definition) is 3. The largest absolute Gasteiger partial charge is 0.378 e. The first-order valence-corrected chi connectivity index (χ1v) is 11.8. The number of hydrogen-bond acceptors (Lipinski definition) is 8. The molecule has 4 rings (SSSR count). The standard InChI is InChI=1S/C21H22F2N6O4S/c1-12(26-16-9-14(22)8-15(23)10-16)17-6-13(21(30)28-34(24,31)32)7-18-20(17)27-19(11-25-18)29-2-4-33-5-3-29/h6-12,26H,2-5H2,1H3,(H,28,30)(H2,24,31,32). The zero-order chi connectivity index (χ0) is 24.5. The molecule has 2 aromatic carbocycles. The van der Waals surface area contributed by atoms with Gasteiger partial charge in [-0.2, -0.15) is 8.42 Å². The Morgan fingerprint density at radius 3 is 2.47 bits per heavy atom. The number of fused-ring (bicyclic) bond motifs is 1. The maximum absolute atomic E-state index is 13.7. The second kappa shape index (κ2) is 9.44. The lowest BCUT2D eigenvalue weighted by Crippen LogP contribution is -2.37. The van der Waals surface area contributed by atoms with Crippen LogP contribution in [0, 0.1) is 11.6 Å². The van der Waals surface area contributed by atoms with Gasteiger partial charge in [0.25, 0.3) is 16.1 Å². The summed E-state index contributed by atoms with van der Waals surface area (Å²) in [4.78, 5) is 23.6. The molecule has 1 fully saturated rings. The molecule has 0 spiro atoms. The van der Waals surface area contributed by atoms with Crippen molar-refractivity contribution in [1.82, 2.24) is 14.7 Å². The van der Waals surface area contributed by atoms with Crippen molar-refractivity contribution in [3.8, 4) is 0 Å². The summed E-state index contributed by atoms with van der Waals surface area (Å²) in [5.41, 5.74) is 1.38. The molecule has 0 saturated carbocycles. The normalized spacial score (nSPS) is 15.2. The molecule has 180 valence electrons. The minimum atomic E-state index is -4.29. The lowest BCUT2D eigenvalue weighted by Gasteiger charge is -2.28. The predicted octanol–water partition coefficient (Wildman–Crippen LogP) is 1.85. The van der Waals surface area contributed by atoms with Crippen LogP contribution in [-0.2, 0) is 14.9 Å². The van der Waals surface area contributed by atoms with Crippen LogP contribution in [0.3, 0.4) is 0 Å². The van der Waals surface area contributed by atoms with Crippen molar-refractivity contribution in [2.45, 2.75) is 13.0 Å². The summed E-state index contributed by atoms with van der Waals surface area (Å²) in [5, 5.41) is 7.92. The average molecular weight is 493 g/mol. The molecule has 2 heterocycles. The van der Waals surface area contributed by atoms with Crippen molar-refractivity contribution in [3.05, 3.63) is 59.3 Å². The Morgan fingerprint density at radius 2 is 1.82 bits per heavy atom. The second-order valence-corrected chi connectivity index (χ2v) is 9.06. The summed E-state index contributed by atoms with van der Waals surface area (Å²) >= 11 is 0. The second-order valence-electron chi connectivity index (χ2n) is 7.76. The predicted molar refractivity (Wildman–Crippen MR) is 122 cm³/mol. The van der Waals surface area contributed by atoms with Gasteiger partial charge in [-0.3, -0.25) is 9.78 Å². The molecule has 0 radical (unpaired) electrons. The molecule has 1 amide bonds. The van der Waals surface area contributed by atoms with E-state index in [9.17, 15) is 22.0 Å². The molecular weight excluding hydrogens is 470 g/mol. The Morgan fingerprint density at radius 1 is 1.15 bits per heavy atom. The molecule has 1 unspecified atom stereocenters. The number of ether oxygens (including phenoxy) is 1. The molecule has 1 atom stereocenters. The number of amides is 1. The van der Waals surface area contributed by atoms with Crippen LogP contribution in [0.1, 0.15) is 28.9 Å². The van der Waals surface area contributed by atoms with E-state index >= 15 is 0 Å². The summed E-state index contributed by atoms with van der Waals surface area (Å²) in [6.07, 6.45) is 1.55. The number of aromatic nitrogens is 2. The van der Waals surface area contributed by atoms with Crippen molar-refractivity contribution in [3.63, 3.8) is 0 Å². The molecule has 34 heavy (non-hydrogen) atoms. The Kier molecular flexibility index (Phi) is 6.59. The van der Waals surface area contributed by atoms with Crippen LogP contribution in [0.5, 0.6) is 0 Å². The van der Waals surface area contributed by atoms with Gasteiger partial charge in [0.15, 0.2) is 0 Å². The average Bonchev–Trinajstić information content (AvgIpc) is 2.76. The van der Waals surface area contributed by atoms with Crippen LogP contribution in [0.25, 0.3) is 11.0 Å². The monoisotopic (exact) mass is 492 g/mol. The number of anilines is 2. The number of benzene rings is 2. The van der Waals surface area contributed by atoms with E-state index in [4.69, 9.17) is 14.9 Å². The van der Waals surface area contributed by atoms with Crippen LogP contribution in [0.4, 0.5) is 20.3 Å².